The third kappa shape index (κ3) is 3.49. The summed E-state index contributed by atoms with van der Waals surface area (Å²) in [5.74, 6) is 4.10. The van der Waals surface area contributed by atoms with Gasteiger partial charge in [-0.15, -0.1) is 5.54 Å². The molecule has 2 aromatic heterocycles. The maximum absolute atomic E-state index is 4.45. The average Bonchev–Trinajstić information content (AvgIpc) is 2.82. The van der Waals surface area contributed by atoms with E-state index in [-0.39, 0.29) is 0 Å². The molecule has 0 atom stereocenters. The van der Waals surface area contributed by atoms with Gasteiger partial charge >= 0.3 is 0 Å². The fraction of sp³-hybridized carbons (Fsp3) is 0.333. The Balaban J connectivity index is 2.46. The summed E-state index contributed by atoms with van der Waals surface area (Å²) in [7, 11) is 2.37. The minimum atomic E-state index is -1.40. The van der Waals surface area contributed by atoms with E-state index in [4.69, 9.17) is 0 Å². The van der Waals surface area contributed by atoms with Gasteiger partial charge in [0.1, 0.15) is 13.9 Å². The van der Waals surface area contributed by atoms with Crippen LogP contribution in [0.5, 0.6) is 0 Å². The fourth-order valence-corrected chi connectivity index (χ4v) is 2.25. The van der Waals surface area contributed by atoms with E-state index in [1.54, 1.807) is 4.68 Å². The van der Waals surface area contributed by atoms with Gasteiger partial charge in [0.05, 0.1) is 11.8 Å². The highest BCUT2D eigenvalue weighted by atomic mass is 28.3. The van der Waals surface area contributed by atoms with Gasteiger partial charge in [0.15, 0.2) is 0 Å². The number of nitrogens with one attached hydrogen (secondary N) is 1. The smallest absolute Gasteiger partial charge is 0.141 e. The van der Waals surface area contributed by atoms with Crippen LogP contribution < -0.4 is 5.32 Å². The van der Waals surface area contributed by atoms with Crippen LogP contribution in [0.4, 0.5) is 5.82 Å². The number of aromatic nitrogens is 3. The lowest BCUT2D eigenvalue weighted by atomic mass is 10.1. The second-order valence-electron chi connectivity index (χ2n) is 5.77. The van der Waals surface area contributed by atoms with Crippen molar-refractivity contribution < 1.29 is 0 Å². The van der Waals surface area contributed by atoms with Gasteiger partial charge in [0.25, 0.3) is 0 Å². The van der Waals surface area contributed by atoms with E-state index in [1.165, 1.54) is 0 Å². The third-order valence-electron chi connectivity index (χ3n) is 2.73. The molecule has 104 valence electrons. The van der Waals surface area contributed by atoms with Gasteiger partial charge < -0.3 is 5.32 Å². The molecule has 0 amide bonds. The first-order valence-corrected chi connectivity index (χ1v) is 10.1. The van der Waals surface area contributed by atoms with Gasteiger partial charge in [0, 0.05) is 37.6 Å². The molecule has 0 saturated carbocycles. The summed E-state index contributed by atoms with van der Waals surface area (Å²) < 4.78 is 1.79. The summed E-state index contributed by atoms with van der Waals surface area (Å²) in [6.07, 6.45) is 5.67. The lowest BCUT2D eigenvalue weighted by molar-refractivity contribution is 0.768. The average molecular weight is 284 g/mol. The largest absolute Gasteiger partial charge is 0.372 e. The molecule has 5 heteroatoms. The van der Waals surface area contributed by atoms with E-state index in [0.29, 0.717) is 0 Å². The maximum atomic E-state index is 4.45. The van der Waals surface area contributed by atoms with Gasteiger partial charge in [-0.1, -0.05) is 25.6 Å². The first-order valence-electron chi connectivity index (χ1n) is 6.59. The first-order chi connectivity index (χ1) is 9.39. The van der Waals surface area contributed by atoms with Crippen LogP contribution in [0.25, 0.3) is 11.1 Å². The van der Waals surface area contributed by atoms with Crippen LogP contribution >= 0.6 is 0 Å². The zero-order chi connectivity index (χ0) is 14.8. The van der Waals surface area contributed by atoms with Crippen molar-refractivity contribution >= 4 is 13.9 Å². The molecule has 20 heavy (non-hydrogen) atoms. The Hall–Kier alpha value is -2.06. The van der Waals surface area contributed by atoms with Crippen molar-refractivity contribution in [3.05, 3.63) is 30.2 Å². The molecule has 0 saturated heterocycles. The van der Waals surface area contributed by atoms with Crippen molar-refractivity contribution in [2.45, 2.75) is 19.6 Å². The summed E-state index contributed by atoms with van der Waals surface area (Å²) in [6.45, 7) is 6.70. The quantitative estimate of drug-likeness (QED) is 0.681. The summed E-state index contributed by atoms with van der Waals surface area (Å²) in [5.41, 5.74) is 6.42. The normalized spacial score (nSPS) is 10.8. The number of rotatable bonds is 2. The molecule has 2 aromatic rings. The van der Waals surface area contributed by atoms with Crippen molar-refractivity contribution in [3.8, 4) is 22.6 Å². The molecule has 2 heterocycles. The Morgan fingerprint density at radius 3 is 2.50 bits per heavy atom. The van der Waals surface area contributed by atoms with E-state index >= 15 is 0 Å². The predicted molar refractivity (Wildman–Crippen MR) is 86.2 cm³/mol. The van der Waals surface area contributed by atoms with Crippen molar-refractivity contribution in [3.63, 3.8) is 0 Å². The topological polar surface area (TPSA) is 42.7 Å². The maximum Gasteiger partial charge on any atom is 0.141 e. The predicted octanol–water partition coefficient (Wildman–Crippen LogP) is 2.75. The molecule has 0 unspecified atom stereocenters. The van der Waals surface area contributed by atoms with Gasteiger partial charge in [-0.05, 0) is 6.07 Å². The van der Waals surface area contributed by atoms with Crippen LogP contribution in [0.3, 0.4) is 0 Å². The monoisotopic (exact) mass is 284 g/mol. The minimum absolute atomic E-state index is 0.823. The Morgan fingerprint density at radius 1 is 1.20 bits per heavy atom. The molecule has 2 rings (SSSR count). The van der Waals surface area contributed by atoms with Crippen LogP contribution in [-0.4, -0.2) is 29.9 Å². The summed E-state index contributed by atoms with van der Waals surface area (Å²) >= 11 is 0. The van der Waals surface area contributed by atoms with Crippen LogP contribution in [0, 0.1) is 11.5 Å². The second-order valence-corrected chi connectivity index (χ2v) is 10.5. The van der Waals surface area contributed by atoms with Gasteiger partial charge in [-0.3, -0.25) is 4.68 Å². The highest BCUT2D eigenvalue weighted by molar-refractivity contribution is 6.83. The molecule has 1 N–H and O–H groups in total. The van der Waals surface area contributed by atoms with Gasteiger partial charge in [-0.2, -0.15) is 5.10 Å². The van der Waals surface area contributed by atoms with Crippen molar-refractivity contribution in [1.29, 1.82) is 0 Å². The van der Waals surface area contributed by atoms with E-state index in [2.05, 4.69) is 52.6 Å². The fourth-order valence-electron chi connectivity index (χ4n) is 1.74. The zero-order valence-electron chi connectivity index (χ0n) is 12.7. The minimum Gasteiger partial charge on any atom is -0.372 e. The number of anilines is 1. The van der Waals surface area contributed by atoms with Crippen molar-refractivity contribution in [2.24, 2.45) is 7.05 Å². The molecule has 0 fully saturated rings. The molecule has 0 radical (unpaired) electrons. The Morgan fingerprint density at radius 2 is 1.95 bits per heavy atom. The molecule has 4 nitrogen and oxygen atoms in total. The van der Waals surface area contributed by atoms with Crippen LogP contribution in [0.1, 0.15) is 5.56 Å². The first kappa shape index (κ1) is 14.3. The number of nitrogens with zero attached hydrogens (tertiary/aromatic N) is 3. The molecule has 0 aliphatic rings. The molecular weight excluding hydrogens is 264 g/mol. The molecule has 0 aromatic carbocycles. The van der Waals surface area contributed by atoms with Gasteiger partial charge in [-0.25, -0.2) is 4.98 Å². The van der Waals surface area contributed by atoms with Gasteiger partial charge in [0.2, 0.25) is 0 Å². The summed E-state index contributed by atoms with van der Waals surface area (Å²) in [5, 5.41) is 7.29. The summed E-state index contributed by atoms with van der Waals surface area (Å²) in [6, 6.07) is 2.07. The lowest BCUT2D eigenvalue weighted by Gasteiger charge is -2.07. The van der Waals surface area contributed by atoms with E-state index in [1.807, 2.05) is 32.7 Å². The standard InChI is InChI=1S/C15H20N4Si/c1-16-15-12(6-7-20(3,4)5)8-13(9-17-15)14-10-18-19(2)11-14/h8-11H,1-5H3,(H,16,17). The van der Waals surface area contributed by atoms with E-state index in [9.17, 15) is 0 Å². The lowest BCUT2D eigenvalue weighted by Crippen LogP contribution is -2.16. The molecular formula is C15H20N4Si. The highest BCUT2D eigenvalue weighted by Gasteiger charge is 2.09. The number of pyridine rings is 1. The molecule has 0 aliphatic carbocycles. The molecule has 0 bridgehead atoms. The second kappa shape index (κ2) is 5.51. The SMILES string of the molecule is CNc1ncc(-c2cnn(C)c2)cc1C#C[Si](C)(C)C. The Bertz CT molecular complexity index is 671. The Labute approximate surface area is 121 Å². The number of hydrogen-bond donors (Lipinski definition) is 1. The molecule has 0 aliphatic heterocycles. The molecule has 0 spiro atoms. The van der Waals surface area contributed by atoms with Crippen molar-refractivity contribution in [1.82, 2.24) is 14.8 Å². The Kier molecular flexibility index (Phi) is 3.95. The zero-order valence-corrected chi connectivity index (χ0v) is 13.7. The number of hydrogen-bond acceptors (Lipinski definition) is 3. The number of aryl methyl sites for hydroxylation is 1. The van der Waals surface area contributed by atoms with Crippen LogP contribution in [0.2, 0.25) is 19.6 Å². The van der Waals surface area contributed by atoms with Crippen LogP contribution in [0.15, 0.2) is 24.7 Å². The van der Waals surface area contributed by atoms with E-state index in [0.717, 1.165) is 22.5 Å². The third-order valence-corrected chi connectivity index (χ3v) is 3.61. The van der Waals surface area contributed by atoms with E-state index < -0.39 is 8.07 Å². The van der Waals surface area contributed by atoms with Crippen molar-refractivity contribution in [2.75, 3.05) is 12.4 Å². The highest BCUT2D eigenvalue weighted by Crippen LogP contribution is 2.22. The van der Waals surface area contributed by atoms with Crippen LogP contribution in [-0.2, 0) is 7.05 Å². The summed E-state index contributed by atoms with van der Waals surface area (Å²) in [4.78, 5) is 4.45.